The molecule has 0 saturated carbocycles. The minimum absolute atomic E-state index is 0. The summed E-state index contributed by atoms with van der Waals surface area (Å²) in [5.74, 6) is 0.185. The predicted molar refractivity (Wildman–Crippen MR) is 68.8 cm³/mol. The second-order valence-electron chi connectivity index (χ2n) is 3.68. The van der Waals surface area contributed by atoms with E-state index in [1.165, 1.54) is 7.11 Å². The number of ether oxygens (including phenoxy) is 2. The van der Waals surface area contributed by atoms with E-state index in [1.54, 1.807) is 12.1 Å². The molecule has 7 heteroatoms. The molecule has 100 valence electrons. The molecule has 1 saturated heterocycles. The third-order valence-corrected chi connectivity index (χ3v) is 2.89. The third-order valence-electron chi connectivity index (χ3n) is 2.60. The van der Waals surface area contributed by atoms with Gasteiger partial charge in [-0.1, -0.05) is 11.6 Å². The van der Waals surface area contributed by atoms with Crippen molar-refractivity contribution in [1.82, 2.24) is 5.32 Å². The van der Waals surface area contributed by atoms with E-state index in [0.717, 1.165) is 5.56 Å². The quantitative estimate of drug-likeness (QED) is 0.880. The van der Waals surface area contributed by atoms with Crippen molar-refractivity contribution in [1.29, 1.82) is 0 Å². The molecule has 0 bridgehead atoms. The van der Waals surface area contributed by atoms with Crippen molar-refractivity contribution in [3.8, 4) is 11.5 Å². The van der Waals surface area contributed by atoms with Crippen LogP contribution in [-0.4, -0.2) is 24.9 Å². The maximum absolute atomic E-state index is 11.1. The van der Waals surface area contributed by atoms with Crippen molar-refractivity contribution in [2.75, 3.05) is 13.7 Å². The molecule has 0 aromatic heterocycles. The summed E-state index contributed by atoms with van der Waals surface area (Å²) in [5.41, 5.74) is 0.779. The Bertz CT molecular complexity index is 453. The SMILES string of the molecule is COc1cc([C@@H]2CCOC(=O)N2)cc(Cl)c1O.Cl. The number of hydrogen-bond acceptors (Lipinski definition) is 4. The van der Waals surface area contributed by atoms with Crippen LogP contribution >= 0.6 is 24.0 Å². The first-order chi connectivity index (χ1) is 8.11. The summed E-state index contributed by atoms with van der Waals surface area (Å²) in [6, 6.07) is 3.08. The van der Waals surface area contributed by atoms with Gasteiger partial charge in [-0.05, 0) is 17.7 Å². The lowest BCUT2D eigenvalue weighted by atomic mass is 10.0. The van der Waals surface area contributed by atoms with Gasteiger partial charge in [-0.3, -0.25) is 0 Å². The first kappa shape index (κ1) is 14.7. The number of methoxy groups -OCH3 is 1. The number of aromatic hydroxyl groups is 1. The molecule has 5 nitrogen and oxygen atoms in total. The summed E-state index contributed by atoms with van der Waals surface area (Å²) >= 11 is 5.88. The molecule has 1 aliphatic heterocycles. The van der Waals surface area contributed by atoms with Crippen LogP contribution in [0.5, 0.6) is 11.5 Å². The van der Waals surface area contributed by atoms with Crippen LogP contribution in [-0.2, 0) is 4.74 Å². The molecule has 0 aliphatic carbocycles. The lowest BCUT2D eigenvalue weighted by Crippen LogP contribution is -2.35. The van der Waals surface area contributed by atoms with E-state index in [0.29, 0.717) is 13.0 Å². The number of nitrogens with one attached hydrogen (secondary N) is 1. The van der Waals surface area contributed by atoms with Crippen molar-refractivity contribution >= 4 is 30.1 Å². The van der Waals surface area contributed by atoms with Gasteiger partial charge in [-0.2, -0.15) is 0 Å². The summed E-state index contributed by atoms with van der Waals surface area (Å²) in [7, 11) is 1.44. The maximum atomic E-state index is 11.1. The Morgan fingerprint density at radius 3 is 2.89 bits per heavy atom. The monoisotopic (exact) mass is 293 g/mol. The molecule has 0 spiro atoms. The fourth-order valence-electron chi connectivity index (χ4n) is 1.73. The number of rotatable bonds is 2. The van der Waals surface area contributed by atoms with Crippen LogP contribution in [0.4, 0.5) is 4.79 Å². The topological polar surface area (TPSA) is 67.8 Å². The zero-order valence-electron chi connectivity index (χ0n) is 9.60. The van der Waals surface area contributed by atoms with Crippen LogP contribution in [0.15, 0.2) is 12.1 Å². The van der Waals surface area contributed by atoms with Gasteiger partial charge in [0.15, 0.2) is 11.5 Å². The Morgan fingerprint density at radius 1 is 1.56 bits per heavy atom. The fraction of sp³-hybridized carbons (Fsp3) is 0.364. The molecule has 1 aliphatic rings. The number of hydrogen-bond donors (Lipinski definition) is 2. The van der Waals surface area contributed by atoms with E-state index in [1.807, 2.05) is 0 Å². The van der Waals surface area contributed by atoms with Gasteiger partial charge in [0.05, 0.1) is 24.8 Å². The first-order valence-corrected chi connectivity index (χ1v) is 5.49. The first-order valence-electron chi connectivity index (χ1n) is 5.11. The molecule has 0 radical (unpaired) electrons. The highest BCUT2D eigenvalue weighted by Gasteiger charge is 2.22. The molecule has 1 atom stereocenters. The van der Waals surface area contributed by atoms with Crippen LogP contribution in [0.1, 0.15) is 18.0 Å². The Hall–Kier alpha value is -1.33. The lowest BCUT2D eigenvalue weighted by molar-refractivity contribution is 0.115. The van der Waals surface area contributed by atoms with Crippen LogP contribution < -0.4 is 10.1 Å². The number of cyclic esters (lactones) is 1. The smallest absolute Gasteiger partial charge is 0.407 e. The largest absolute Gasteiger partial charge is 0.503 e. The zero-order chi connectivity index (χ0) is 12.4. The van der Waals surface area contributed by atoms with Gasteiger partial charge in [0.1, 0.15) is 0 Å². The standard InChI is InChI=1S/C11H12ClNO4.ClH/c1-16-9-5-6(4-7(12)10(9)14)8-2-3-17-11(15)13-8;/h4-5,8,14H,2-3H2,1H3,(H,13,15);1H/t8-;/m0./s1. The summed E-state index contributed by atoms with van der Waals surface area (Å²) < 4.78 is 9.78. The predicted octanol–water partition coefficient (Wildman–Crippen LogP) is 2.65. The Labute approximate surface area is 115 Å². The summed E-state index contributed by atoms with van der Waals surface area (Å²) in [4.78, 5) is 11.1. The molecule has 2 N–H and O–H groups in total. The van der Waals surface area contributed by atoms with Gasteiger partial charge in [-0.15, -0.1) is 12.4 Å². The number of halogens is 2. The van der Waals surface area contributed by atoms with Crippen LogP contribution in [0.2, 0.25) is 5.02 Å². The van der Waals surface area contributed by atoms with E-state index in [4.69, 9.17) is 21.1 Å². The normalized spacial score (nSPS) is 18.3. The Kier molecular flexibility index (Phi) is 4.93. The van der Waals surface area contributed by atoms with Gasteiger partial charge in [0.2, 0.25) is 0 Å². The number of amides is 1. The summed E-state index contributed by atoms with van der Waals surface area (Å²) in [5, 5.41) is 12.5. The summed E-state index contributed by atoms with van der Waals surface area (Å²) in [6.45, 7) is 0.358. The van der Waals surface area contributed by atoms with E-state index < -0.39 is 6.09 Å². The van der Waals surface area contributed by atoms with E-state index >= 15 is 0 Å². The van der Waals surface area contributed by atoms with Crippen LogP contribution in [0.25, 0.3) is 0 Å². The number of carbonyl (C=O) groups is 1. The maximum Gasteiger partial charge on any atom is 0.407 e. The Balaban J connectivity index is 0.00000162. The zero-order valence-corrected chi connectivity index (χ0v) is 11.2. The minimum atomic E-state index is -0.454. The number of carbonyl (C=O) groups excluding carboxylic acids is 1. The van der Waals surface area contributed by atoms with Crippen molar-refractivity contribution in [2.24, 2.45) is 0 Å². The average molecular weight is 294 g/mol. The molecule has 1 fully saturated rings. The lowest BCUT2D eigenvalue weighted by Gasteiger charge is -2.24. The summed E-state index contributed by atoms with van der Waals surface area (Å²) in [6.07, 6.45) is 0.195. The Morgan fingerprint density at radius 2 is 2.28 bits per heavy atom. The van der Waals surface area contributed by atoms with Crippen molar-refractivity contribution in [3.63, 3.8) is 0 Å². The van der Waals surface area contributed by atoms with Crippen molar-refractivity contribution in [2.45, 2.75) is 12.5 Å². The highest BCUT2D eigenvalue weighted by Crippen LogP contribution is 2.37. The molecular weight excluding hydrogens is 281 g/mol. The molecule has 1 aromatic carbocycles. The van der Waals surface area contributed by atoms with E-state index in [-0.39, 0.29) is 35.0 Å². The molecular formula is C11H13Cl2NO4. The van der Waals surface area contributed by atoms with Gasteiger partial charge in [0, 0.05) is 6.42 Å². The minimum Gasteiger partial charge on any atom is -0.503 e. The van der Waals surface area contributed by atoms with Crippen molar-refractivity contribution < 1.29 is 19.4 Å². The molecule has 18 heavy (non-hydrogen) atoms. The number of benzene rings is 1. The van der Waals surface area contributed by atoms with Gasteiger partial charge in [-0.25, -0.2) is 4.79 Å². The molecule has 1 amide bonds. The number of phenolic OH excluding ortho intramolecular Hbond substituents is 1. The molecule has 2 rings (SSSR count). The van der Waals surface area contributed by atoms with Crippen LogP contribution in [0.3, 0.4) is 0 Å². The third kappa shape index (κ3) is 2.91. The second kappa shape index (κ2) is 6.02. The van der Waals surface area contributed by atoms with Crippen molar-refractivity contribution in [3.05, 3.63) is 22.7 Å². The highest BCUT2D eigenvalue weighted by molar-refractivity contribution is 6.32. The average Bonchev–Trinajstić information content (AvgIpc) is 2.32. The molecule has 1 heterocycles. The molecule has 0 unspecified atom stereocenters. The number of alkyl carbamates (subject to hydrolysis) is 1. The highest BCUT2D eigenvalue weighted by atomic mass is 35.5. The fourth-order valence-corrected chi connectivity index (χ4v) is 1.95. The van der Waals surface area contributed by atoms with Gasteiger partial charge in [0.25, 0.3) is 0 Å². The van der Waals surface area contributed by atoms with Gasteiger partial charge < -0.3 is 19.9 Å². The van der Waals surface area contributed by atoms with Gasteiger partial charge >= 0.3 is 6.09 Å². The van der Waals surface area contributed by atoms with E-state index in [2.05, 4.69) is 5.32 Å². The van der Waals surface area contributed by atoms with E-state index in [9.17, 15) is 9.90 Å². The van der Waals surface area contributed by atoms with Crippen LogP contribution in [0, 0.1) is 0 Å². The molecule has 1 aromatic rings. The number of phenols is 1. The second-order valence-corrected chi connectivity index (χ2v) is 4.08.